The van der Waals surface area contributed by atoms with Crippen LogP contribution in [0.25, 0.3) is 0 Å². The third kappa shape index (κ3) is 1.99. The predicted octanol–water partition coefficient (Wildman–Crippen LogP) is 3.10. The summed E-state index contributed by atoms with van der Waals surface area (Å²) in [6, 6.07) is 8.37. The molecule has 0 saturated heterocycles. The van der Waals surface area contributed by atoms with Crippen LogP contribution < -0.4 is 5.73 Å². The lowest BCUT2D eigenvalue weighted by Crippen LogP contribution is -2.34. The second-order valence-corrected chi connectivity index (χ2v) is 5.44. The van der Waals surface area contributed by atoms with Gasteiger partial charge in [-0.2, -0.15) is 0 Å². The minimum atomic E-state index is -1.05. The van der Waals surface area contributed by atoms with Gasteiger partial charge in [-0.3, -0.25) is 0 Å². The average Bonchev–Trinajstić information content (AvgIpc) is 2.57. The maximum absolute atomic E-state index is 14.0. The van der Waals surface area contributed by atoms with Gasteiger partial charge < -0.3 is 5.73 Å². The summed E-state index contributed by atoms with van der Waals surface area (Å²) in [6.45, 7) is 4.29. The van der Waals surface area contributed by atoms with Gasteiger partial charge in [-0.1, -0.05) is 29.8 Å². The highest BCUT2D eigenvalue weighted by Gasteiger charge is 2.46. The summed E-state index contributed by atoms with van der Waals surface area (Å²) in [4.78, 5) is 0. The fourth-order valence-corrected chi connectivity index (χ4v) is 2.83. The number of alkyl halides is 1. The maximum Gasteiger partial charge on any atom is 0.109 e. The highest BCUT2D eigenvalue weighted by molar-refractivity contribution is 5.31. The lowest BCUT2D eigenvalue weighted by atomic mass is 9.78. The monoisotopic (exact) mass is 221 g/mol. The second kappa shape index (κ2) is 3.85. The van der Waals surface area contributed by atoms with Gasteiger partial charge in [0, 0.05) is 12.0 Å². The van der Waals surface area contributed by atoms with Gasteiger partial charge in [0.1, 0.15) is 5.67 Å². The van der Waals surface area contributed by atoms with Gasteiger partial charge in [0.05, 0.1) is 0 Å². The molecule has 0 aromatic heterocycles. The van der Waals surface area contributed by atoms with E-state index in [-0.39, 0.29) is 5.41 Å². The highest BCUT2D eigenvalue weighted by atomic mass is 19.1. The zero-order chi connectivity index (χ0) is 11.8. The van der Waals surface area contributed by atoms with Gasteiger partial charge in [0.25, 0.3) is 0 Å². The Balaban J connectivity index is 2.33. The van der Waals surface area contributed by atoms with Crippen LogP contribution in [0.2, 0.25) is 0 Å². The van der Waals surface area contributed by atoms with Crippen molar-refractivity contribution < 1.29 is 4.39 Å². The summed E-state index contributed by atoms with van der Waals surface area (Å²) in [7, 11) is 0. The molecule has 0 spiro atoms. The molecule has 1 aromatic carbocycles. The van der Waals surface area contributed by atoms with Gasteiger partial charge in [-0.25, -0.2) is 4.39 Å². The fourth-order valence-electron chi connectivity index (χ4n) is 2.83. The molecular formula is C14H20FN. The predicted molar refractivity (Wildman–Crippen MR) is 65.3 cm³/mol. The first kappa shape index (κ1) is 11.6. The van der Waals surface area contributed by atoms with Crippen molar-refractivity contribution in [2.75, 3.05) is 6.54 Å². The summed E-state index contributed by atoms with van der Waals surface area (Å²) >= 11 is 0. The third-order valence-corrected chi connectivity index (χ3v) is 3.89. The van der Waals surface area contributed by atoms with Gasteiger partial charge in [0.15, 0.2) is 0 Å². The normalized spacial score (nSPS) is 34.2. The summed E-state index contributed by atoms with van der Waals surface area (Å²) in [5.41, 5.74) is 7.13. The molecule has 0 heterocycles. The number of halogens is 1. The average molecular weight is 221 g/mol. The van der Waals surface area contributed by atoms with E-state index in [0.29, 0.717) is 19.4 Å². The Morgan fingerprint density at radius 1 is 1.25 bits per heavy atom. The Kier molecular flexibility index (Phi) is 2.79. The van der Waals surface area contributed by atoms with E-state index in [0.717, 1.165) is 6.42 Å². The third-order valence-electron chi connectivity index (χ3n) is 3.89. The van der Waals surface area contributed by atoms with Crippen LogP contribution in [0.5, 0.6) is 0 Å². The first-order valence-electron chi connectivity index (χ1n) is 5.94. The molecule has 0 amide bonds. The Hall–Kier alpha value is -0.890. The van der Waals surface area contributed by atoms with Crippen LogP contribution in [0.4, 0.5) is 4.39 Å². The van der Waals surface area contributed by atoms with Crippen LogP contribution >= 0.6 is 0 Å². The van der Waals surface area contributed by atoms with E-state index in [9.17, 15) is 4.39 Å². The zero-order valence-electron chi connectivity index (χ0n) is 10.1. The number of aryl methyl sites for hydroxylation is 1. The van der Waals surface area contributed by atoms with E-state index in [1.54, 1.807) is 6.92 Å². The maximum atomic E-state index is 14.0. The Morgan fingerprint density at radius 3 is 2.31 bits per heavy atom. The second-order valence-electron chi connectivity index (χ2n) is 5.44. The minimum absolute atomic E-state index is 0.142. The number of benzene rings is 1. The minimum Gasteiger partial charge on any atom is -0.330 e. The molecule has 0 bridgehead atoms. The van der Waals surface area contributed by atoms with E-state index >= 15 is 0 Å². The van der Waals surface area contributed by atoms with Crippen LogP contribution in [0, 0.1) is 6.92 Å². The van der Waals surface area contributed by atoms with Crippen LogP contribution in [0.15, 0.2) is 24.3 Å². The molecule has 16 heavy (non-hydrogen) atoms. The van der Waals surface area contributed by atoms with Gasteiger partial charge in [0.2, 0.25) is 0 Å². The Bertz CT molecular complexity index is 369. The van der Waals surface area contributed by atoms with Crippen molar-refractivity contribution >= 4 is 0 Å². The van der Waals surface area contributed by atoms with E-state index in [1.165, 1.54) is 11.1 Å². The molecule has 1 aliphatic rings. The van der Waals surface area contributed by atoms with Gasteiger partial charge in [-0.05, 0) is 38.7 Å². The lowest BCUT2D eigenvalue weighted by Gasteiger charge is -2.29. The van der Waals surface area contributed by atoms with Crippen molar-refractivity contribution in [1.82, 2.24) is 0 Å². The SMILES string of the molecule is Cc1ccc(C2(CN)CCC(C)(F)C2)cc1. The quantitative estimate of drug-likeness (QED) is 0.816. The standard InChI is InChI=1S/C14H20FN/c1-11-3-5-12(6-4-11)14(10-16)8-7-13(2,15)9-14/h3-6H,7-10,16H2,1-2H3. The summed E-state index contributed by atoms with van der Waals surface area (Å²) in [5.74, 6) is 0. The number of hydrogen-bond donors (Lipinski definition) is 1. The lowest BCUT2D eigenvalue weighted by molar-refractivity contribution is 0.187. The molecule has 1 fully saturated rings. The molecule has 2 rings (SSSR count). The Labute approximate surface area is 96.9 Å². The summed E-state index contributed by atoms with van der Waals surface area (Å²) < 4.78 is 14.0. The summed E-state index contributed by atoms with van der Waals surface area (Å²) in [5, 5.41) is 0. The molecule has 2 atom stereocenters. The van der Waals surface area contributed by atoms with Crippen molar-refractivity contribution in [2.45, 2.75) is 44.2 Å². The summed E-state index contributed by atoms with van der Waals surface area (Å²) in [6.07, 6.45) is 2.04. The van der Waals surface area contributed by atoms with Crippen molar-refractivity contribution in [3.05, 3.63) is 35.4 Å². The molecular weight excluding hydrogens is 201 g/mol. The van der Waals surface area contributed by atoms with Crippen molar-refractivity contribution in [2.24, 2.45) is 5.73 Å². The van der Waals surface area contributed by atoms with E-state index in [2.05, 4.69) is 31.2 Å². The van der Waals surface area contributed by atoms with Crippen molar-refractivity contribution in [3.63, 3.8) is 0 Å². The molecule has 1 nitrogen and oxygen atoms in total. The van der Waals surface area contributed by atoms with E-state index in [4.69, 9.17) is 5.73 Å². The van der Waals surface area contributed by atoms with E-state index < -0.39 is 5.67 Å². The molecule has 88 valence electrons. The van der Waals surface area contributed by atoms with E-state index in [1.807, 2.05) is 0 Å². The molecule has 1 saturated carbocycles. The van der Waals surface area contributed by atoms with Crippen molar-refractivity contribution in [1.29, 1.82) is 0 Å². The van der Waals surface area contributed by atoms with Crippen LogP contribution in [-0.2, 0) is 5.41 Å². The van der Waals surface area contributed by atoms with Crippen LogP contribution in [-0.4, -0.2) is 12.2 Å². The zero-order valence-corrected chi connectivity index (χ0v) is 10.1. The van der Waals surface area contributed by atoms with Gasteiger partial charge >= 0.3 is 0 Å². The fraction of sp³-hybridized carbons (Fsp3) is 0.571. The van der Waals surface area contributed by atoms with Crippen molar-refractivity contribution in [3.8, 4) is 0 Å². The Morgan fingerprint density at radius 2 is 1.88 bits per heavy atom. The molecule has 1 aromatic rings. The first-order valence-corrected chi connectivity index (χ1v) is 5.94. The smallest absolute Gasteiger partial charge is 0.109 e. The number of nitrogens with two attached hydrogens (primary N) is 1. The van der Waals surface area contributed by atoms with Crippen LogP contribution in [0.1, 0.15) is 37.3 Å². The van der Waals surface area contributed by atoms with Gasteiger partial charge in [-0.15, -0.1) is 0 Å². The molecule has 1 aliphatic carbocycles. The topological polar surface area (TPSA) is 26.0 Å². The number of rotatable bonds is 2. The molecule has 0 aliphatic heterocycles. The highest BCUT2D eigenvalue weighted by Crippen LogP contribution is 2.47. The number of hydrogen-bond acceptors (Lipinski definition) is 1. The molecule has 2 unspecified atom stereocenters. The molecule has 0 radical (unpaired) electrons. The largest absolute Gasteiger partial charge is 0.330 e. The molecule has 2 heteroatoms. The first-order chi connectivity index (χ1) is 7.47. The molecule has 2 N–H and O–H groups in total. The van der Waals surface area contributed by atoms with Crippen LogP contribution in [0.3, 0.4) is 0 Å².